The monoisotopic (exact) mass is 257 g/mol. The van der Waals surface area contributed by atoms with E-state index in [1.807, 2.05) is 31.4 Å². The Morgan fingerprint density at radius 2 is 2.32 bits per heavy atom. The van der Waals surface area contributed by atoms with Crippen molar-refractivity contribution < 1.29 is 9.94 Å². The van der Waals surface area contributed by atoms with Gasteiger partial charge in [0.1, 0.15) is 12.4 Å². The van der Waals surface area contributed by atoms with Crippen LogP contribution in [0.4, 0.5) is 0 Å². The molecule has 3 rings (SSSR count). The van der Waals surface area contributed by atoms with Crippen LogP contribution in [-0.2, 0) is 20.1 Å². The number of fused-ring (bicyclic) bond motifs is 1. The molecule has 5 nitrogen and oxygen atoms in total. The summed E-state index contributed by atoms with van der Waals surface area (Å²) in [4.78, 5) is 0. The van der Waals surface area contributed by atoms with E-state index in [9.17, 15) is 0 Å². The van der Waals surface area contributed by atoms with Crippen LogP contribution in [0.25, 0.3) is 0 Å². The molecular weight excluding hydrogens is 242 g/mol. The van der Waals surface area contributed by atoms with E-state index in [-0.39, 0.29) is 0 Å². The summed E-state index contributed by atoms with van der Waals surface area (Å²) in [7, 11) is 1.88. The lowest BCUT2D eigenvalue weighted by Gasteiger charge is -2.09. The third-order valence-electron chi connectivity index (χ3n) is 3.33. The summed E-state index contributed by atoms with van der Waals surface area (Å²) in [6.45, 7) is 0.496. The van der Waals surface area contributed by atoms with Crippen molar-refractivity contribution in [1.29, 1.82) is 0 Å². The first-order chi connectivity index (χ1) is 9.28. The first-order valence-corrected chi connectivity index (χ1v) is 6.21. The highest BCUT2D eigenvalue weighted by Gasteiger charge is 2.21. The molecule has 0 aliphatic heterocycles. The molecule has 0 spiro atoms. The average molecular weight is 257 g/mol. The Balaban J connectivity index is 1.81. The number of hydrogen-bond donors (Lipinski definition) is 1. The van der Waals surface area contributed by atoms with Crippen LogP contribution in [0, 0.1) is 0 Å². The third-order valence-corrected chi connectivity index (χ3v) is 3.33. The summed E-state index contributed by atoms with van der Waals surface area (Å²) in [5, 5.41) is 16.4. The molecule has 1 aromatic heterocycles. The fourth-order valence-corrected chi connectivity index (χ4v) is 2.42. The second kappa shape index (κ2) is 4.76. The zero-order chi connectivity index (χ0) is 13.2. The minimum Gasteiger partial charge on any atom is -0.488 e. The van der Waals surface area contributed by atoms with E-state index in [4.69, 9.17) is 9.94 Å². The number of aryl methyl sites for hydroxylation is 1. The lowest BCUT2D eigenvalue weighted by molar-refractivity contribution is 0.303. The summed E-state index contributed by atoms with van der Waals surface area (Å²) in [5.41, 5.74) is 3.89. The van der Waals surface area contributed by atoms with Gasteiger partial charge in [-0.1, -0.05) is 17.3 Å². The molecule has 1 aliphatic carbocycles. The minimum absolute atomic E-state index is 0.496. The standard InChI is InChI=1S/C14H15N3O2/c1-17-8-10(7-15-17)9-19-14-4-2-3-11-12(14)5-6-13(11)16-18/h2-4,7-8,18H,5-6,9H2,1H3. The van der Waals surface area contributed by atoms with Crippen LogP contribution in [0.15, 0.2) is 35.7 Å². The van der Waals surface area contributed by atoms with Crippen LogP contribution in [0.5, 0.6) is 5.75 Å². The Labute approximate surface area is 111 Å². The second-order valence-corrected chi connectivity index (χ2v) is 4.64. The smallest absolute Gasteiger partial charge is 0.123 e. The van der Waals surface area contributed by atoms with Crippen LogP contribution in [0.3, 0.4) is 0 Å². The quantitative estimate of drug-likeness (QED) is 0.677. The van der Waals surface area contributed by atoms with E-state index in [1.165, 1.54) is 0 Å². The first-order valence-electron chi connectivity index (χ1n) is 6.21. The summed E-state index contributed by atoms with van der Waals surface area (Å²) in [5.74, 6) is 0.861. The molecule has 0 saturated carbocycles. The van der Waals surface area contributed by atoms with Crippen LogP contribution in [-0.4, -0.2) is 20.7 Å². The number of ether oxygens (including phenoxy) is 1. The predicted molar refractivity (Wildman–Crippen MR) is 70.6 cm³/mol. The largest absolute Gasteiger partial charge is 0.488 e. The molecule has 1 heterocycles. The van der Waals surface area contributed by atoms with E-state index in [0.29, 0.717) is 6.61 Å². The Morgan fingerprint density at radius 3 is 3.05 bits per heavy atom. The van der Waals surface area contributed by atoms with Crippen molar-refractivity contribution in [3.63, 3.8) is 0 Å². The topological polar surface area (TPSA) is 59.6 Å². The Hall–Kier alpha value is -2.30. The highest BCUT2D eigenvalue weighted by molar-refractivity contribution is 6.04. The van der Waals surface area contributed by atoms with Gasteiger partial charge in [0.05, 0.1) is 11.9 Å². The van der Waals surface area contributed by atoms with Gasteiger partial charge in [-0.2, -0.15) is 5.10 Å². The van der Waals surface area contributed by atoms with Gasteiger partial charge in [-0.3, -0.25) is 4.68 Å². The van der Waals surface area contributed by atoms with Crippen LogP contribution in [0.1, 0.15) is 23.1 Å². The molecule has 0 unspecified atom stereocenters. The molecule has 2 aromatic rings. The fourth-order valence-electron chi connectivity index (χ4n) is 2.42. The van der Waals surface area contributed by atoms with E-state index < -0.39 is 0 Å². The molecular formula is C14H15N3O2. The molecule has 5 heteroatoms. The zero-order valence-corrected chi connectivity index (χ0v) is 10.7. The van der Waals surface area contributed by atoms with Crippen LogP contribution >= 0.6 is 0 Å². The van der Waals surface area contributed by atoms with Crippen molar-refractivity contribution in [1.82, 2.24) is 9.78 Å². The number of benzene rings is 1. The van der Waals surface area contributed by atoms with E-state index in [2.05, 4.69) is 10.3 Å². The molecule has 0 bridgehead atoms. The van der Waals surface area contributed by atoms with E-state index in [1.54, 1.807) is 10.9 Å². The molecule has 1 N–H and O–H groups in total. The first kappa shape index (κ1) is 11.8. The second-order valence-electron chi connectivity index (χ2n) is 4.64. The molecule has 98 valence electrons. The van der Waals surface area contributed by atoms with Gasteiger partial charge in [-0.15, -0.1) is 0 Å². The maximum absolute atomic E-state index is 8.95. The number of aromatic nitrogens is 2. The van der Waals surface area contributed by atoms with Gasteiger partial charge in [0.25, 0.3) is 0 Å². The maximum atomic E-state index is 8.95. The van der Waals surface area contributed by atoms with Gasteiger partial charge in [-0.25, -0.2) is 0 Å². The summed E-state index contributed by atoms with van der Waals surface area (Å²) < 4.78 is 7.61. The Bertz CT molecular complexity index is 631. The number of nitrogens with zero attached hydrogens (tertiary/aromatic N) is 3. The molecule has 0 fully saturated rings. The molecule has 0 radical (unpaired) electrons. The number of rotatable bonds is 3. The van der Waals surface area contributed by atoms with Gasteiger partial charge in [0, 0.05) is 29.9 Å². The average Bonchev–Trinajstić information content (AvgIpc) is 3.02. The normalized spacial score (nSPS) is 15.7. The molecule has 1 aromatic carbocycles. The van der Waals surface area contributed by atoms with Gasteiger partial charge >= 0.3 is 0 Å². The van der Waals surface area contributed by atoms with Crippen molar-refractivity contribution in [2.45, 2.75) is 19.4 Å². The Kier molecular flexibility index (Phi) is 2.95. The highest BCUT2D eigenvalue weighted by Crippen LogP contribution is 2.31. The summed E-state index contributed by atoms with van der Waals surface area (Å²) >= 11 is 0. The Morgan fingerprint density at radius 1 is 1.42 bits per heavy atom. The van der Waals surface area contributed by atoms with E-state index >= 15 is 0 Å². The molecule has 0 atom stereocenters. The third kappa shape index (κ3) is 2.19. The van der Waals surface area contributed by atoms with Crippen molar-refractivity contribution in [3.05, 3.63) is 47.3 Å². The highest BCUT2D eigenvalue weighted by atomic mass is 16.5. The fraction of sp³-hybridized carbons (Fsp3) is 0.286. The predicted octanol–water partition coefficient (Wildman–Crippen LogP) is 2.12. The lowest BCUT2D eigenvalue weighted by atomic mass is 10.1. The molecule has 0 amide bonds. The molecule has 0 saturated heterocycles. The van der Waals surface area contributed by atoms with Crippen molar-refractivity contribution in [3.8, 4) is 5.75 Å². The zero-order valence-electron chi connectivity index (χ0n) is 10.7. The lowest BCUT2D eigenvalue weighted by Crippen LogP contribution is -1.99. The number of oxime groups is 1. The van der Waals surface area contributed by atoms with Gasteiger partial charge in [-0.05, 0) is 18.9 Å². The minimum atomic E-state index is 0.496. The molecule has 1 aliphatic rings. The van der Waals surface area contributed by atoms with Crippen molar-refractivity contribution >= 4 is 5.71 Å². The van der Waals surface area contributed by atoms with Gasteiger partial charge in [0.15, 0.2) is 0 Å². The van der Waals surface area contributed by atoms with Crippen LogP contribution in [0.2, 0.25) is 0 Å². The SMILES string of the molecule is Cn1cc(COc2cccc3c2CCC3=NO)cn1. The van der Waals surface area contributed by atoms with E-state index in [0.717, 1.165) is 41.0 Å². The van der Waals surface area contributed by atoms with Crippen molar-refractivity contribution in [2.75, 3.05) is 0 Å². The van der Waals surface area contributed by atoms with Gasteiger partial charge in [0.2, 0.25) is 0 Å². The molecule has 19 heavy (non-hydrogen) atoms. The summed E-state index contributed by atoms with van der Waals surface area (Å²) in [6.07, 6.45) is 5.35. The van der Waals surface area contributed by atoms with Gasteiger partial charge < -0.3 is 9.94 Å². The maximum Gasteiger partial charge on any atom is 0.123 e. The van der Waals surface area contributed by atoms with Crippen molar-refractivity contribution in [2.24, 2.45) is 12.2 Å². The summed E-state index contributed by atoms with van der Waals surface area (Å²) in [6, 6.07) is 5.84. The van der Waals surface area contributed by atoms with Crippen LogP contribution < -0.4 is 4.74 Å². The number of hydrogen-bond acceptors (Lipinski definition) is 4.